The molecule has 12 heteroatoms. The highest BCUT2D eigenvalue weighted by Crippen LogP contribution is 2.32. The fraction of sp³-hybridized carbons (Fsp3) is 0.333. The molecule has 3 rings (SSSR count). The third kappa shape index (κ3) is 7.92. The van der Waals surface area contributed by atoms with E-state index in [2.05, 4.69) is 5.32 Å². The van der Waals surface area contributed by atoms with Gasteiger partial charge in [-0.1, -0.05) is 29.8 Å². The second-order valence-electron chi connectivity index (χ2n) is 10.5. The molecule has 0 radical (unpaired) electrons. The van der Waals surface area contributed by atoms with Crippen molar-refractivity contribution in [3.63, 3.8) is 0 Å². The predicted molar refractivity (Wildman–Crippen MR) is 160 cm³/mol. The minimum atomic E-state index is -4.41. The molecule has 226 valence electrons. The molecule has 0 unspecified atom stereocenters. The van der Waals surface area contributed by atoms with Crippen molar-refractivity contribution in [2.45, 2.75) is 50.7 Å². The van der Waals surface area contributed by atoms with Gasteiger partial charge in [0.1, 0.15) is 18.4 Å². The summed E-state index contributed by atoms with van der Waals surface area (Å²) in [4.78, 5) is 28.3. The number of rotatable bonds is 11. The first-order valence-corrected chi connectivity index (χ1v) is 14.8. The van der Waals surface area contributed by atoms with Gasteiger partial charge < -0.3 is 19.7 Å². The molecule has 0 aliphatic rings. The summed E-state index contributed by atoms with van der Waals surface area (Å²) in [6, 6.07) is 14.6. The molecule has 0 saturated heterocycles. The highest BCUT2D eigenvalue weighted by atomic mass is 35.5. The predicted octanol–water partition coefficient (Wildman–Crippen LogP) is 5.02. The van der Waals surface area contributed by atoms with Crippen LogP contribution < -0.4 is 19.1 Å². The fourth-order valence-electron chi connectivity index (χ4n) is 4.11. The third-order valence-electron chi connectivity index (χ3n) is 6.30. The summed E-state index contributed by atoms with van der Waals surface area (Å²) < 4.78 is 53.2. The first-order chi connectivity index (χ1) is 19.7. The molecule has 0 fully saturated rings. The smallest absolute Gasteiger partial charge is 0.264 e. The lowest BCUT2D eigenvalue weighted by atomic mass is 10.1. The van der Waals surface area contributed by atoms with Crippen LogP contribution in [0.3, 0.4) is 0 Å². The van der Waals surface area contributed by atoms with Crippen LogP contribution in [0.5, 0.6) is 11.5 Å². The summed E-state index contributed by atoms with van der Waals surface area (Å²) in [5, 5.41) is 3.24. The second-order valence-corrected chi connectivity index (χ2v) is 12.8. The van der Waals surface area contributed by atoms with Crippen molar-refractivity contribution in [1.82, 2.24) is 10.2 Å². The summed E-state index contributed by atoms with van der Waals surface area (Å²) >= 11 is 6.38. The Kier molecular flexibility index (Phi) is 10.5. The van der Waals surface area contributed by atoms with Gasteiger partial charge in [0.05, 0.1) is 24.8 Å². The maximum atomic E-state index is 14.0. The Balaban J connectivity index is 2.09. The summed E-state index contributed by atoms with van der Waals surface area (Å²) in [6.45, 7) is 6.23. The Hall–Kier alpha value is -3.83. The van der Waals surface area contributed by atoms with Gasteiger partial charge in [0.25, 0.3) is 10.0 Å². The number of nitrogens with one attached hydrogen (secondary N) is 1. The van der Waals surface area contributed by atoms with E-state index in [1.54, 1.807) is 31.2 Å². The summed E-state index contributed by atoms with van der Waals surface area (Å²) in [5.74, 6) is -1.22. The molecule has 3 aromatic rings. The first-order valence-electron chi connectivity index (χ1n) is 13.0. The number of nitrogens with zero attached hydrogens (tertiary/aromatic N) is 2. The molecule has 0 spiro atoms. The van der Waals surface area contributed by atoms with Gasteiger partial charge in [-0.15, -0.1) is 0 Å². The number of methoxy groups -OCH3 is 2. The Bertz CT molecular complexity index is 1530. The second kappa shape index (κ2) is 13.4. The van der Waals surface area contributed by atoms with E-state index in [9.17, 15) is 22.4 Å². The van der Waals surface area contributed by atoms with E-state index in [0.717, 1.165) is 16.4 Å². The summed E-state index contributed by atoms with van der Waals surface area (Å²) in [7, 11) is -1.62. The van der Waals surface area contributed by atoms with Crippen LogP contribution >= 0.6 is 11.6 Å². The average molecular weight is 620 g/mol. The fourth-order valence-corrected chi connectivity index (χ4v) is 5.73. The van der Waals surface area contributed by atoms with E-state index in [-0.39, 0.29) is 22.9 Å². The zero-order chi connectivity index (χ0) is 31.2. The van der Waals surface area contributed by atoms with Crippen molar-refractivity contribution >= 4 is 39.1 Å². The molecular weight excluding hydrogens is 585 g/mol. The standard InChI is InChI=1S/C30H35ClFN3O6S/c1-20(29(37)33-30(2,3)4)34(18-21-9-7-8-10-25(21)31)28(36)19-35(23-13-11-22(32)12-14-23)42(38,39)24-15-16-26(40-5)27(17-24)41-6/h7-17,20H,18-19H2,1-6H3,(H,33,37)/t20-/m1/s1. The Labute approximate surface area is 251 Å². The van der Waals surface area contributed by atoms with Crippen molar-refractivity contribution in [2.75, 3.05) is 25.1 Å². The number of carbonyl (C=O) groups excluding carboxylic acids is 2. The quantitative estimate of drug-likeness (QED) is 0.323. The molecule has 0 aliphatic heterocycles. The first kappa shape index (κ1) is 32.7. The number of amides is 2. The molecule has 0 aliphatic carbocycles. The van der Waals surface area contributed by atoms with Crippen LogP contribution in [0.4, 0.5) is 10.1 Å². The molecule has 2 amide bonds. The number of carbonyl (C=O) groups is 2. The van der Waals surface area contributed by atoms with Gasteiger partial charge in [0, 0.05) is 23.2 Å². The summed E-state index contributed by atoms with van der Waals surface area (Å²) in [6.07, 6.45) is 0. The van der Waals surface area contributed by atoms with E-state index in [4.69, 9.17) is 21.1 Å². The Morgan fingerprint density at radius 3 is 2.17 bits per heavy atom. The number of benzene rings is 3. The molecule has 0 bridgehead atoms. The van der Waals surface area contributed by atoms with Gasteiger partial charge in [0.15, 0.2) is 11.5 Å². The Morgan fingerprint density at radius 1 is 0.976 bits per heavy atom. The van der Waals surface area contributed by atoms with Crippen molar-refractivity contribution in [1.29, 1.82) is 0 Å². The topological polar surface area (TPSA) is 105 Å². The van der Waals surface area contributed by atoms with Crippen LogP contribution in [0.25, 0.3) is 0 Å². The van der Waals surface area contributed by atoms with Crippen molar-refractivity contribution < 1.29 is 31.9 Å². The molecule has 42 heavy (non-hydrogen) atoms. The minimum Gasteiger partial charge on any atom is -0.493 e. The third-order valence-corrected chi connectivity index (χ3v) is 8.44. The molecular formula is C30H35ClFN3O6S. The van der Waals surface area contributed by atoms with Crippen LogP contribution in [0.15, 0.2) is 71.6 Å². The van der Waals surface area contributed by atoms with Gasteiger partial charge >= 0.3 is 0 Å². The monoisotopic (exact) mass is 619 g/mol. The van der Waals surface area contributed by atoms with Crippen LogP contribution in [-0.4, -0.2) is 57.5 Å². The SMILES string of the molecule is COc1ccc(S(=O)(=O)N(CC(=O)N(Cc2ccccc2Cl)[C@H](C)C(=O)NC(C)(C)C)c2ccc(F)cc2)cc1OC. The van der Waals surface area contributed by atoms with E-state index in [1.807, 2.05) is 20.8 Å². The van der Waals surface area contributed by atoms with Gasteiger partial charge in [-0.2, -0.15) is 0 Å². The van der Waals surface area contributed by atoms with E-state index < -0.39 is 45.8 Å². The number of hydrogen-bond donors (Lipinski definition) is 1. The van der Waals surface area contributed by atoms with E-state index in [0.29, 0.717) is 16.3 Å². The van der Waals surface area contributed by atoms with Gasteiger partial charge in [0.2, 0.25) is 11.8 Å². The molecule has 0 saturated carbocycles. The van der Waals surface area contributed by atoms with Crippen LogP contribution in [0, 0.1) is 5.82 Å². The number of halogens is 2. The molecule has 0 heterocycles. The molecule has 1 N–H and O–H groups in total. The number of ether oxygens (including phenoxy) is 2. The number of anilines is 1. The number of sulfonamides is 1. The molecule has 9 nitrogen and oxygen atoms in total. The zero-order valence-electron chi connectivity index (χ0n) is 24.4. The minimum absolute atomic E-state index is 0.0454. The van der Waals surface area contributed by atoms with Gasteiger partial charge in [-0.05, 0) is 75.7 Å². The van der Waals surface area contributed by atoms with Crippen molar-refractivity contribution in [2.24, 2.45) is 0 Å². The lowest BCUT2D eigenvalue weighted by Gasteiger charge is -2.33. The van der Waals surface area contributed by atoms with E-state index in [1.165, 1.54) is 49.5 Å². The van der Waals surface area contributed by atoms with Crippen LogP contribution in [0.1, 0.15) is 33.3 Å². The summed E-state index contributed by atoms with van der Waals surface area (Å²) in [5.41, 5.74) is 0.0319. The maximum absolute atomic E-state index is 14.0. The van der Waals surface area contributed by atoms with Gasteiger partial charge in [-0.25, -0.2) is 12.8 Å². The van der Waals surface area contributed by atoms with Crippen LogP contribution in [0.2, 0.25) is 5.02 Å². The molecule has 0 aromatic heterocycles. The molecule has 1 atom stereocenters. The Morgan fingerprint density at radius 2 is 1.60 bits per heavy atom. The maximum Gasteiger partial charge on any atom is 0.264 e. The van der Waals surface area contributed by atoms with Crippen molar-refractivity contribution in [3.05, 3.63) is 83.1 Å². The van der Waals surface area contributed by atoms with E-state index >= 15 is 0 Å². The largest absolute Gasteiger partial charge is 0.493 e. The lowest BCUT2D eigenvalue weighted by molar-refractivity contribution is -0.140. The highest BCUT2D eigenvalue weighted by molar-refractivity contribution is 7.92. The highest BCUT2D eigenvalue weighted by Gasteiger charge is 2.34. The van der Waals surface area contributed by atoms with Gasteiger partial charge in [-0.3, -0.25) is 13.9 Å². The lowest BCUT2D eigenvalue weighted by Crippen LogP contribution is -2.54. The van der Waals surface area contributed by atoms with Crippen LogP contribution in [-0.2, 0) is 26.2 Å². The molecule has 3 aromatic carbocycles. The average Bonchev–Trinajstić information content (AvgIpc) is 2.94. The number of hydrogen-bond acceptors (Lipinski definition) is 6. The normalized spacial score (nSPS) is 12.3. The zero-order valence-corrected chi connectivity index (χ0v) is 25.9. The van der Waals surface area contributed by atoms with Crippen molar-refractivity contribution in [3.8, 4) is 11.5 Å².